The second-order valence-electron chi connectivity index (χ2n) is 5.66. The molecule has 0 N–H and O–H groups in total. The summed E-state index contributed by atoms with van der Waals surface area (Å²) in [6.45, 7) is 1.95. The summed E-state index contributed by atoms with van der Waals surface area (Å²) in [5, 5.41) is 0. The van der Waals surface area contributed by atoms with Gasteiger partial charge < -0.3 is 14.2 Å². The lowest BCUT2D eigenvalue weighted by Crippen LogP contribution is -2.21. The maximum atomic E-state index is 12.4. The molecular weight excluding hydrogens is 340 g/mol. The van der Waals surface area contributed by atoms with E-state index in [1.54, 1.807) is 7.11 Å². The third kappa shape index (κ3) is 4.97. The molecule has 0 aliphatic carbocycles. The highest BCUT2D eigenvalue weighted by molar-refractivity contribution is 6.17. The number of esters is 1. The molecule has 0 spiro atoms. The summed E-state index contributed by atoms with van der Waals surface area (Å²) in [4.78, 5) is 12.4. The molecule has 0 fully saturated rings. The van der Waals surface area contributed by atoms with Crippen LogP contribution in [0, 0.1) is 6.92 Å². The van der Waals surface area contributed by atoms with Crippen LogP contribution in [0.1, 0.15) is 35.3 Å². The Morgan fingerprint density at radius 3 is 2.44 bits per heavy atom. The number of methoxy groups -OCH3 is 2. The number of ether oxygens (including phenoxy) is 3. The predicted octanol–water partition coefficient (Wildman–Crippen LogP) is 4.60. The topological polar surface area (TPSA) is 44.8 Å². The third-order valence-corrected chi connectivity index (χ3v) is 4.14. The molecule has 0 aliphatic heterocycles. The summed E-state index contributed by atoms with van der Waals surface area (Å²) < 4.78 is 16.6. The van der Waals surface area contributed by atoms with E-state index in [4.69, 9.17) is 25.8 Å². The van der Waals surface area contributed by atoms with Crippen LogP contribution in [0.25, 0.3) is 0 Å². The van der Waals surface area contributed by atoms with Crippen LogP contribution >= 0.6 is 11.6 Å². The largest absolute Gasteiger partial charge is 0.496 e. The average Bonchev–Trinajstić information content (AvgIpc) is 2.65. The molecule has 2 atom stereocenters. The Labute approximate surface area is 153 Å². The van der Waals surface area contributed by atoms with Crippen LogP contribution in [0.2, 0.25) is 0 Å². The highest BCUT2D eigenvalue weighted by Gasteiger charge is 2.29. The van der Waals surface area contributed by atoms with Crippen molar-refractivity contribution in [1.82, 2.24) is 0 Å². The van der Waals surface area contributed by atoms with Crippen LogP contribution in [0.3, 0.4) is 0 Å². The van der Waals surface area contributed by atoms with Crippen molar-refractivity contribution in [2.24, 2.45) is 0 Å². The van der Waals surface area contributed by atoms with Gasteiger partial charge in [-0.3, -0.25) is 0 Å². The second kappa shape index (κ2) is 9.44. The summed E-state index contributed by atoms with van der Waals surface area (Å²) in [7, 11) is 2.91. The van der Waals surface area contributed by atoms with Crippen LogP contribution in [-0.4, -0.2) is 26.1 Å². The molecule has 5 heteroatoms. The van der Waals surface area contributed by atoms with Crippen molar-refractivity contribution in [3.05, 3.63) is 65.2 Å². The highest BCUT2D eigenvalue weighted by Crippen LogP contribution is 2.35. The first-order valence-electron chi connectivity index (χ1n) is 8.09. The number of hydrogen-bond donors (Lipinski definition) is 0. The molecule has 0 saturated heterocycles. The summed E-state index contributed by atoms with van der Waals surface area (Å²) in [6, 6.07) is 15.3. The second-order valence-corrected chi connectivity index (χ2v) is 6.04. The minimum Gasteiger partial charge on any atom is -0.496 e. The van der Waals surface area contributed by atoms with Crippen LogP contribution in [0.4, 0.5) is 0 Å². The van der Waals surface area contributed by atoms with Crippen molar-refractivity contribution < 1.29 is 19.0 Å². The monoisotopic (exact) mass is 362 g/mol. The van der Waals surface area contributed by atoms with Gasteiger partial charge in [0.1, 0.15) is 5.75 Å². The molecule has 0 saturated carbocycles. The molecule has 0 heterocycles. The quantitative estimate of drug-likeness (QED) is 0.508. The molecule has 2 aromatic carbocycles. The van der Waals surface area contributed by atoms with Gasteiger partial charge in [0.2, 0.25) is 0 Å². The Hall–Kier alpha value is -2.04. The van der Waals surface area contributed by atoms with Gasteiger partial charge in [0, 0.05) is 11.4 Å². The van der Waals surface area contributed by atoms with Crippen molar-refractivity contribution in [1.29, 1.82) is 0 Å². The fourth-order valence-electron chi connectivity index (χ4n) is 2.67. The number of rotatable bonds is 8. The van der Waals surface area contributed by atoms with Crippen LogP contribution in [0.15, 0.2) is 48.5 Å². The number of carbonyl (C=O) groups is 1. The maximum Gasteiger partial charge on any atom is 0.339 e. The van der Waals surface area contributed by atoms with E-state index in [1.165, 1.54) is 7.11 Å². The van der Waals surface area contributed by atoms with Gasteiger partial charge in [-0.1, -0.05) is 42.0 Å². The summed E-state index contributed by atoms with van der Waals surface area (Å²) in [5.74, 6) is 0.524. The van der Waals surface area contributed by atoms with E-state index in [9.17, 15) is 4.79 Å². The number of hydrogen-bond acceptors (Lipinski definition) is 4. The Kier molecular flexibility index (Phi) is 7.29. The Morgan fingerprint density at radius 1 is 1.12 bits per heavy atom. The lowest BCUT2D eigenvalue weighted by molar-refractivity contribution is -0.159. The Balaban J connectivity index is 2.40. The lowest BCUT2D eigenvalue weighted by atomic mass is 10.0. The zero-order chi connectivity index (χ0) is 18.2. The summed E-state index contributed by atoms with van der Waals surface area (Å²) in [5.41, 5.74) is 2.61. The molecule has 134 valence electrons. The van der Waals surface area contributed by atoms with Crippen LogP contribution in [-0.2, 0) is 14.3 Å². The van der Waals surface area contributed by atoms with E-state index in [0.29, 0.717) is 23.6 Å². The molecule has 0 amide bonds. The first kappa shape index (κ1) is 19.3. The number of alkyl halides is 1. The van der Waals surface area contributed by atoms with Gasteiger partial charge in [0.15, 0.2) is 6.10 Å². The van der Waals surface area contributed by atoms with E-state index >= 15 is 0 Å². The van der Waals surface area contributed by atoms with Gasteiger partial charge in [-0.05, 0) is 31.0 Å². The van der Waals surface area contributed by atoms with E-state index < -0.39 is 12.1 Å². The predicted molar refractivity (Wildman–Crippen MR) is 98.1 cm³/mol. The normalized spacial score (nSPS) is 13.1. The standard InChI is InChI=1S/C20H23ClO4/c1-14-9-10-18(23-2)16(13-14)19(20(22)24-3)25-17(11-12-21)15-7-5-4-6-8-15/h4-10,13,17,19H,11-12H2,1-3H3/t17-,19+/m0/s1. The van der Waals surface area contributed by atoms with E-state index in [-0.39, 0.29) is 6.10 Å². The van der Waals surface area contributed by atoms with Crippen molar-refractivity contribution in [2.45, 2.75) is 25.6 Å². The van der Waals surface area contributed by atoms with Crippen LogP contribution in [0.5, 0.6) is 5.75 Å². The van der Waals surface area contributed by atoms with Gasteiger partial charge in [-0.25, -0.2) is 4.79 Å². The number of benzene rings is 2. The lowest BCUT2D eigenvalue weighted by Gasteiger charge is -2.25. The smallest absolute Gasteiger partial charge is 0.339 e. The van der Waals surface area contributed by atoms with Gasteiger partial charge in [-0.2, -0.15) is 0 Å². The fourth-order valence-corrected chi connectivity index (χ4v) is 2.86. The minimum absolute atomic E-state index is 0.326. The van der Waals surface area contributed by atoms with E-state index in [0.717, 1.165) is 11.1 Å². The van der Waals surface area contributed by atoms with Crippen molar-refractivity contribution >= 4 is 17.6 Å². The van der Waals surface area contributed by atoms with Crippen molar-refractivity contribution in [2.75, 3.05) is 20.1 Å². The van der Waals surface area contributed by atoms with Gasteiger partial charge in [-0.15, -0.1) is 11.6 Å². The van der Waals surface area contributed by atoms with Gasteiger partial charge >= 0.3 is 5.97 Å². The van der Waals surface area contributed by atoms with E-state index in [2.05, 4.69) is 0 Å². The molecule has 2 aromatic rings. The summed E-state index contributed by atoms with van der Waals surface area (Å²) in [6.07, 6.45) is -0.644. The summed E-state index contributed by atoms with van der Waals surface area (Å²) >= 11 is 5.95. The minimum atomic E-state index is -0.895. The Bertz CT molecular complexity index is 687. The highest BCUT2D eigenvalue weighted by atomic mass is 35.5. The zero-order valence-electron chi connectivity index (χ0n) is 14.7. The zero-order valence-corrected chi connectivity index (χ0v) is 15.5. The fraction of sp³-hybridized carbons (Fsp3) is 0.350. The van der Waals surface area contributed by atoms with Gasteiger partial charge in [0.05, 0.1) is 20.3 Å². The molecule has 4 nitrogen and oxygen atoms in total. The molecule has 25 heavy (non-hydrogen) atoms. The molecule has 0 unspecified atom stereocenters. The van der Waals surface area contributed by atoms with Gasteiger partial charge in [0.25, 0.3) is 0 Å². The molecule has 0 aliphatic rings. The van der Waals surface area contributed by atoms with Crippen molar-refractivity contribution in [3.63, 3.8) is 0 Å². The maximum absolute atomic E-state index is 12.4. The number of carbonyl (C=O) groups excluding carboxylic acids is 1. The molecule has 0 radical (unpaired) electrons. The molecular formula is C20H23ClO4. The first-order valence-corrected chi connectivity index (χ1v) is 8.63. The van der Waals surface area contributed by atoms with E-state index in [1.807, 2.05) is 55.5 Å². The number of halogens is 1. The SMILES string of the molecule is COC(=O)[C@H](O[C@@H](CCCl)c1ccccc1)c1cc(C)ccc1OC. The molecule has 0 bridgehead atoms. The third-order valence-electron chi connectivity index (χ3n) is 3.93. The number of aryl methyl sites for hydroxylation is 1. The molecule has 2 rings (SSSR count). The Morgan fingerprint density at radius 2 is 1.84 bits per heavy atom. The average molecular weight is 363 g/mol. The first-order chi connectivity index (χ1) is 12.1. The van der Waals surface area contributed by atoms with Crippen molar-refractivity contribution in [3.8, 4) is 5.75 Å². The van der Waals surface area contributed by atoms with Crippen LogP contribution < -0.4 is 4.74 Å². The molecule has 0 aromatic heterocycles.